The van der Waals surface area contributed by atoms with Gasteiger partial charge in [-0.2, -0.15) is 0 Å². The minimum absolute atomic E-state index is 0.101. The third-order valence-corrected chi connectivity index (χ3v) is 6.05. The molecule has 4 rings (SSSR count). The minimum Gasteiger partial charge on any atom is -0.495 e. The number of rotatable bonds is 4. The van der Waals surface area contributed by atoms with E-state index in [9.17, 15) is 9.59 Å². The van der Waals surface area contributed by atoms with Gasteiger partial charge in [0.25, 0.3) is 5.91 Å². The number of carbonyl (C=O) groups is 2. The molecule has 1 atom stereocenters. The fourth-order valence-corrected chi connectivity index (χ4v) is 4.66. The standard InChI is InChI=1S/C24H23BrN2O3/c1-14-21(24(29)27-17-9-3-4-12-20(17)30-2)22(15-7-5-8-16(25)13-15)23-18(26-14)10-6-11-19(23)28/h3-5,7-9,12-13,22,26H,6,10-11H2,1-2H3,(H,27,29). The topological polar surface area (TPSA) is 67.4 Å². The Kier molecular flexibility index (Phi) is 5.77. The van der Waals surface area contributed by atoms with Crippen molar-refractivity contribution in [3.05, 3.63) is 81.1 Å². The van der Waals surface area contributed by atoms with Crippen molar-refractivity contribution in [1.29, 1.82) is 0 Å². The predicted octanol–water partition coefficient (Wildman–Crippen LogP) is 5.06. The lowest BCUT2D eigenvalue weighted by molar-refractivity contribution is -0.116. The molecule has 0 radical (unpaired) electrons. The van der Waals surface area contributed by atoms with Gasteiger partial charge in [-0.1, -0.05) is 40.2 Å². The highest BCUT2D eigenvalue weighted by Crippen LogP contribution is 2.43. The molecule has 2 aliphatic rings. The van der Waals surface area contributed by atoms with Crippen LogP contribution < -0.4 is 15.4 Å². The van der Waals surface area contributed by atoms with Gasteiger partial charge < -0.3 is 15.4 Å². The van der Waals surface area contributed by atoms with Crippen molar-refractivity contribution in [2.75, 3.05) is 12.4 Å². The van der Waals surface area contributed by atoms with Crippen molar-refractivity contribution >= 4 is 33.3 Å². The highest BCUT2D eigenvalue weighted by molar-refractivity contribution is 9.10. The Hall–Kier alpha value is -2.86. The first-order valence-electron chi connectivity index (χ1n) is 9.93. The lowest BCUT2D eigenvalue weighted by Crippen LogP contribution is -2.35. The fraction of sp³-hybridized carbons (Fsp3) is 0.250. The summed E-state index contributed by atoms with van der Waals surface area (Å²) in [6.07, 6.45) is 2.14. The van der Waals surface area contributed by atoms with E-state index in [2.05, 4.69) is 26.6 Å². The second kappa shape index (κ2) is 8.48. The number of dihydropyridines is 1. The van der Waals surface area contributed by atoms with Gasteiger partial charge in [-0.25, -0.2) is 0 Å². The maximum atomic E-state index is 13.5. The SMILES string of the molecule is COc1ccccc1NC(=O)C1=C(C)NC2=C(C(=O)CCC2)C1c1cccc(Br)c1. The van der Waals surface area contributed by atoms with E-state index in [4.69, 9.17) is 4.74 Å². The number of allylic oxidation sites excluding steroid dienone is 3. The van der Waals surface area contributed by atoms with E-state index >= 15 is 0 Å². The van der Waals surface area contributed by atoms with Crippen LogP contribution in [0.3, 0.4) is 0 Å². The molecule has 1 aliphatic heterocycles. The molecular formula is C24H23BrN2O3. The summed E-state index contributed by atoms with van der Waals surface area (Å²) in [5, 5.41) is 6.32. The molecule has 2 N–H and O–H groups in total. The number of ether oxygens (including phenoxy) is 1. The summed E-state index contributed by atoms with van der Waals surface area (Å²) >= 11 is 3.53. The average molecular weight is 467 g/mol. The van der Waals surface area contributed by atoms with Crippen LogP contribution in [0.15, 0.2) is 75.5 Å². The first kappa shape index (κ1) is 20.4. The van der Waals surface area contributed by atoms with Gasteiger partial charge >= 0.3 is 0 Å². The molecule has 2 aromatic rings. The molecule has 30 heavy (non-hydrogen) atoms. The number of Topliss-reactive ketones (excluding diaryl/α,β-unsaturated/α-hetero) is 1. The van der Waals surface area contributed by atoms with E-state index < -0.39 is 5.92 Å². The molecule has 154 valence electrons. The molecule has 1 heterocycles. The molecular weight excluding hydrogens is 444 g/mol. The van der Waals surface area contributed by atoms with Crippen LogP contribution >= 0.6 is 15.9 Å². The summed E-state index contributed by atoms with van der Waals surface area (Å²) in [6.45, 7) is 1.89. The number of methoxy groups -OCH3 is 1. The second-order valence-corrected chi connectivity index (χ2v) is 8.39. The number of amides is 1. The van der Waals surface area contributed by atoms with Gasteiger partial charge in [0.15, 0.2) is 5.78 Å². The zero-order chi connectivity index (χ0) is 21.3. The Balaban J connectivity index is 1.80. The number of carbonyl (C=O) groups excluding carboxylic acids is 2. The Labute approximate surface area is 184 Å². The van der Waals surface area contributed by atoms with Crippen LogP contribution in [0.5, 0.6) is 5.75 Å². The highest BCUT2D eigenvalue weighted by Gasteiger charge is 2.38. The smallest absolute Gasteiger partial charge is 0.254 e. The van der Waals surface area contributed by atoms with Crippen LogP contribution in [0, 0.1) is 0 Å². The third kappa shape index (κ3) is 3.79. The zero-order valence-corrected chi connectivity index (χ0v) is 18.5. The molecule has 0 fully saturated rings. The third-order valence-electron chi connectivity index (χ3n) is 5.56. The van der Waals surface area contributed by atoms with Crippen molar-refractivity contribution in [3.63, 3.8) is 0 Å². The lowest BCUT2D eigenvalue weighted by atomic mass is 9.75. The van der Waals surface area contributed by atoms with Gasteiger partial charge in [0.05, 0.1) is 12.8 Å². The first-order chi connectivity index (χ1) is 14.5. The maximum Gasteiger partial charge on any atom is 0.254 e. The highest BCUT2D eigenvalue weighted by atomic mass is 79.9. The molecule has 6 heteroatoms. The minimum atomic E-state index is -0.416. The van der Waals surface area contributed by atoms with Gasteiger partial charge in [0.2, 0.25) is 0 Å². The van der Waals surface area contributed by atoms with E-state index in [1.54, 1.807) is 19.2 Å². The van der Waals surface area contributed by atoms with Crippen LogP contribution in [-0.4, -0.2) is 18.8 Å². The predicted molar refractivity (Wildman–Crippen MR) is 120 cm³/mol. The van der Waals surface area contributed by atoms with Crippen LogP contribution in [0.4, 0.5) is 5.69 Å². The first-order valence-corrected chi connectivity index (χ1v) is 10.7. The number of hydrogen-bond acceptors (Lipinski definition) is 4. The van der Waals surface area contributed by atoms with Crippen LogP contribution in [-0.2, 0) is 9.59 Å². The summed E-state index contributed by atoms with van der Waals surface area (Å²) in [4.78, 5) is 26.4. The largest absolute Gasteiger partial charge is 0.495 e. The molecule has 0 saturated heterocycles. The van der Waals surface area contributed by atoms with Crippen LogP contribution in [0.1, 0.15) is 37.7 Å². The van der Waals surface area contributed by atoms with Crippen molar-refractivity contribution in [2.24, 2.45) is 0 Å². The van der Waals surface area contributed by atoms with Crippen molar-refractivity contribution < 1.29 is 14.3 Å². The Morgan fingerprint density at radius 2 is 1.97 bits per heavy atom. The Bertz CT molecular complexity index is 1090. The molecule has 0 spiro atoms. The van der Waals surface area contributed by atoms with E-state index in [1.165, 1.54) is 0 Å². The molecule has 0 aromatic heterocycles. The monoisotopic (exact) mass is 466 g/mol. The summed E-state index contributed by atoms with van der Waals surface area (Å²) in [6, 6.07) is 15.1. The summed E-state index contributed by atoms with van der Waals surface area (Å²) in [7, 11) is 1.57. The number of hydrogen-bond donors (Lipinski definition) is 2. The summed E-state index contributed by atoms with van der Waals surface area (Å²) < 4.78 is 6.28. The van der Waals surface area contributed by atoms with Gasteiger partial charge in [-0.3, -0.25) is 9.59 Å². The second-order valence-electron chi connectivity index (χ2n) is 7.48. The number of para-hydroxylation sites is 2. The van der Waals surface area contributed by atoms with Gasteiger partial charge in [-0.15, -0.1) is 0 Å². The van der Waals surface area contributed by atoms with Gasteiger partial charge in [0, 0.05) is 39.4 Å². The van der Waals surface area contributed by atoms with Gasteiger partial charge in [-0.05, 0) is 49.6 Å². The Morgan fingerprint density at radius 3 is 2.73 bits per heavy atom. The van der Waals surface area contributed by atoms with Crippen LogP contribution in [0.2, 0.25) is 0 Å². The molecule has 2 aromatic carbocycles. The number of halogens is 1. The quantitative estimate of drug-likeness (QED) is 0.660. The van der Waals surface area contributed by atoms with E-state index in [0.29, 0.717) is 29.0 Å². The Morgan fingerprint density at radius 1 is 1.17 bits per heavy atom. The maximum absolute atomic E-state index is 13.5. The summed E-state index contributed by atoms with van der Waals surface area (Å²) in [5.41, 5.74) is 4.46. The molecule has 5 nitrogen and oxygen atoms in total. The lowest BCUT2D eigenvalue weighted by Gasteiger charge is -2.34. The summed E-state index contributed by atoms with van der Waals surface area (Å²) in [5.74, 6) is 0.0185. The van der Waals surface area contributed by atoms with E-state index in [0.717, 1.165) is 34.3 Å². The van der Waals surface area contributed by atoms with Crippen molar-refractivity contribution in [1.82, 2.24) is 5.32 Å². The molecule has 0 bridgehead atoms. The van der Waals surface area contributed by atoms with Crippen LogP contribution in [0.25, 0.3) is 0 Å². The molecule has 0 saturated carbocycles. The number of anilines is 1. The normalized spacial score (nSPS) is 18.6. The number of benzene rings is 2. The van der Waals surface area contributed by atoms with Crippen molar-refractivity contribution in [2.45, 2.75) is 32.1 Å². The van der Waals surface area contributed by atoms with E-state index in [-0.39, 0.29) is 11.7 Å². The van der Waals surface area contributed by atoms with Crippen molar-refractivity contribution in [3.8, 4) is 5.75 Å². The fourth-order valence-electron chi connectivity index (χ4n) is 4.24. The molecule has 1 amide bonds. The van der Waals surface area contributed by atoms with E-state index in [1.807, 2.05) is 43.3 Å². The molecule has 1 aliphatic carbocycles. The average Bonchev–Trinajstić information content (AvgIpc) is 2.73. The molecule has 1 unspecified atom stereocenters. The number of nitrogens with one attached hydrogen (secondary N) is 2. The number of ketones is 1. The van der Waals surface area contributed by atoms with Gasteiger partial charge in [0.1, 0.15) is 5.75 Å². The zero-order valence-electron chi connectivity index (χ0n) is 16.9.